The lowest BCUT2D eigenvalue weighted by atomic mass is 10.2. The van der Waals surface area contributed by atoms with Gasteiger partial charge in [-0.2, -0.15) is 0 Å². The fraction of sp³-hybridized carbons (Fsp3) is 0.462. The van der Waals surface area contributed by atoms with E-state index < -0.39 is 5.91 Å². The summed E-state index contributed by atoms with van der Waals surface area (Å²) in [7, 11) is 0. The fourth-order valence-corrected chi connectivity index (χ4v) is 0.978. The number of benzene rings is 1. The maximum Gasteiger partial charge on any atom is 0.248 e. The smallest absolute Gasteiger partial charge is 0.248 e. The maximum atomic E-state index is 10.8. The number of primary amides is 1. The van der Waals surface area contributed by atoms with Crippen LogP contribution in [0.5, 0.6) is 5.75 Å². The molecule has 0 heterocycles. The molecule has 0 aromatic heterocycles. The molecule has 0 fully saturated rings. The highest BCUT2D eigenvalue weighted by atomic mass is 16.5. The molecule has 1 amide bonds. The predicted molar refractivity (Wildman–Crippen MR) is 66.6 cm³/mol. The van der Waals surface area contributed by atoms with Crippen molar-refractivity contribution in [3.05, 3.63) is 29.8 Å². The third kappa shape index (κ3) is 5.39. The van der Waals surface area contributed by atoms with E-state index in [4.69, 9.17) is 10.5 Å². The minimum Gasteiger partial charge on any atom is -0.493 e. The average molecular weight is 223 g/mol. The Hall–Kier alpha value is -1.51. The Labute approximate surface area is 97.6 Å². The summed E-state index contributed by atoms with van der Waals surface area (Å²) in [6.07, 6.45) is 0. The van der Waals surface area contributed by atoms with Gasteiger partial charge in [-0.25, -0.2) is 0 Å². The summed E-state index contributed by atoms with van der Waals surface area (Å²) in [5.41, 5.74) is 5.61. The van der Waals surface area contributed by atoms with Crippen molar-refractivity contribution < 1.29 is 9.53 Å². The highest BCUT2D eigenvalue weighted by Gasteiger charge is 2.00. The SMILES string of the molecule is CC.CC(C)COc1ccc(C(N)=O)cc1. The van der Waals surface area contributed by atoms with Crippen LogP contribution in [0, 0.1) is 5.92 Å². The lowest BCUT2D eigenvalue weighted by Crippen LogP contribution is -2.10. The van der Waals surface area contributed by atoms with Gasteiger partial charge in [0.15, 0.2) is 0 Å². The monoisotopic (exact) mass is 223 g/mol. The molecule has 0 atom stereocenters. The minimum atomic E-state index is -0.416. The molecule has 0 saturated carbocycles. The van der Waals surface area contributed by atoms with E-state index in [9.17, 15) is 4.79 Å². The van der Waals surface area contributed by atoms with Crippen LogP contribution >= 0.6 is 0 Å². The normalized spacial score (nSPS) is 9.31. The summed E-state index contributed by atoms with van der Waals surface area (Å²) in [5.74, 6) is 0.843. The summed E-state index contributed by atoms with van der Waals surface area (Å²) < 4.78 is 5.45. The van der Waals surface area contributed by atoms with E-state index in [1.165, 1.54) is 0 Å². The third-order valence-electron chi connectivity index (χ3n) is 1.72. The third-order valence-corrected chi connectivity index (χ3v) is 1.72. The van der Waals surface area contributed by atoms with Gasteiger partial charge in [-0.05, 0) is 30.2 Å². The van der Waals surface area contributed by atoms with Crippen LogP contribution < -0.4 is 10.5 Å². The van der Waals surface area contributed by atoms with E-state index >= 15 is 0 Å². The van der Waals surface area contributed by atoms with E-state index in [2.05, 4.69) is 13.8 Å². The Morgan fingerprint density at radius 1 is 1.25 bits per heavy atom. The summed E-state index contributed by atoms with van der Waals surface area (Å²) in [4.78, 5) is 10.8. The lowest BCUT2D eigenvalue weighted by molar-refractivity contribution is 0.1000. The quantitative estimate of drug-likeness (QED) is 0.853. The molecule has 0 saturated heterocycles. The fourth-order valence-electron chi connectivity index (χ4n) is 0.978. The molecule has 0 aliphatic heterocycles. The highest BCUT2D eigenvalue weighted by Crippen LogP contribution is 2.12. The van der Waals surface area contributed by atoms with Crippen molar-refractivity contribution >= 4 is 5.91 Å². The van der Waals surface area contributed by atoms with Crippen molar-refractivity contribution in [3.63, 3.8) is 0 Å². The molecule has 0 spiro atoms. The lowest BCUT2D eigenvalue weighted by Gasteiger charge is -2.08. The molecule has 0 unspecified atom stereocenters. The Morgan fingerprint density at radius 3 is 2.12 bits per heavy atom. The van der Waals surface area contributed by atoms with Crippen molar-refractivity contribution in [3.8, 4) is 5.75 Å². The number of hydrogen-bond donors (Lipinski definition) is 1. The number of hydrogen-bond acceptors (Lipinski definition) is 2. The summed E-state index contributed by atoms with van der Waals surface area (Å²) in [6, 6.07) is 6.83. The average Bonchev–Trinajstić information content (AvgIpc) is 2.29. The minimum absolute atomic E-state index is 0.416. The molecule has 90 valence electrons. The van der Waals surface area contributed by atoms with E-state index in [0.717, 1.165) is 5.75 Å². The second-order valence-corrected chi connectivity index (χ2v) is 3.59. The van der Waals surface area contributed by atoms with Crippen molar-refractivity contribution in [1.82, 2.24) is 0 Å². The van der Waals surface area contributed by atoms with Gasteiger partial charge in [0.1, 0.15) is 5.75 Å². The first-order valence-electron chi connectivity index (χ1n) is 5.62. The van der Waals surface area contributed by atoms with Crippen LogP contribution in [0.4, 0.5) is 0 Å². The van der Waals surface area contributed by atoms with Gasteiger partial charge >= 0.3 is 0 Å². The first-order valence-corrected chi connectivity index (χ1v) is 5.62. The molecular weight excluding hydrogens is 202 g/mol. The van der Waals surface area contributed by atoms with Gasteiger partial charge in [0.05, 0.1) is 6.61 Å². The van der Waals surface area contributed by atoms with Crippen LogP contribution in [0.3, 0.4) is 0 Å². The van der Waals surface area contributed by atoms with Crippen LogP contribution in [0.1, 0.15) is 38.1 Å². The van der Waals surface area contributed by atoms with Crippen LogP contribution in [0.25, 0.3) is 0 Å². The number of nitrogens with two attached hydrogens (primary N) is 1. The van der Waals surface area contributed by atoms with Gasteiger partial charge in [0.25, 0.3) is 0 Å². The van der Waals surface area contributed by atoms with Gasteiger partial charge in [-0.1, -0.05) is 27.7 Å². The first kappa shape index (κ1) is 14.5. The van der Waals surface area contributed by atoms with Gasteiger partial charge in [0, 0.05) is 5.56 Å². The molecule has 0 bridgehead atoms. The standard InChI is InChI=1S/C11H15NO2.C2H6/c1-8(2)7-14-10-5-3-9(4-6-10)11(12)13;1-2/h3-6,8H,7H2,1-2H3,(H2,12,13);1-2H3. The zero-order valence-corrected chi connectivity index (χ0v) is 10.5. The zero-order valence-electron chi connectivity index (χ0n) is 10.5. The van der Waals surface area contributed by atoms with Gasteiger partial charge in [-0.3, -0.25) is 4.79 Å². The molecule has 1 aromatic carbocycles. The van der Waals surface area contributed by atoms with Crippen LogP contribution in [0.15, 0.2) is 24.3 Å². The maximum absolute atomic E-state index is 10.8. The molecular formula is C13H21NO2. The molecule has 2 N–H and O–H groups in total. The van der Waals surface area contributed by atoms with Gasteiger partial charge in [0.2, 0.25) is 5.91 Å². The summed E-state index contributed by atoms with van der Waals surface area (Å²) in [5, 5.41) is 0. The Kier molecular flexibility index (Phi) is 7.01. The second kappa shape index (κ2) is 7.74. The Balaban J connectivity index is 0.00000106. The number of rotatable bonds is 4. The summed E-state index contributed by atoms with van der Waals surface area (Å²) in [6.45, 7) is 8.84. The second-order valence-electron chi connectivity index (χ2n) is 3.59. The topological polar surface area (TPSA) is 52.3 Å². The number of amides is 1. The van der Waals surface area contributed by atoms with Crippen LogP contribution in [0.2, 0.25) is 0 Å². The molecule has 16 heavy (non-hydrogen) atoms. The van der Waals surface area contributed by atoms with E-state index in [-0.39, 0.29) is 0 Å². The van der Waals surface area contributed by atoms with Gasteiger partial charge < -0.3 is 10.5 Å². The molecule has 3 nitrogen and oxygen atoms in total. The van der Waals surface area contributed by atoms with Gasteiger partial charge in [-0.15, -0.1) is 0 Å². The predicted octanol–water partition coefficient (Wildman–Crippen LogP) is 2.85. The highest BCUT2D eigenvalue weighted by molar-refractivity contribution is 5.92. The molecule has 0 aliphatic carbocycles. The van der Waals surface area contributed by atoms with Crippen molar-refractivity contribution in [2.75, 3.05) is 6.61 Å². The first-order chi connectivity index (χ1) is 7.59. The Bertz CT molecular complexity index is 304. The Morgan fingerprint density at radius 2 is 1.75 bits per heavy atom. The molecule has 0 radical (unpaired) electrons. The van der Waals surface area contributed by atoms with Crippen molar-refractivity contribution in [2.45, 2.75) is 27.7 Å². The van der Waals surface area contributed by atoms with Crippen LogP contribution in [-0.2, 0) is 0 Å². The molecule has 1 aromatic rings. The van der Waals surface area contributed by atoms with E-state index in [1.54, 1.807) is 24.3 Å². The number of carbonyl (C=O) groups is 1. The molecule has 3 heteroatoms. The van der Waals surface area contributed by atoms with Crippen LogP contribution in [-0.4, -0.2) is 12.5 Å². The number of carbonyl (C=O) groups excluding carboxylic acids is 1. The van der Waals surface area contributed by atoms with E-state index in [1.807, 2.05) is 13.8 Å². The van der Waals surface area contributed by atoms with Crippen molar-refractivity contribution in [1.29, 1.82) is 0 Å². The molecule has 1 rings (SSSR count). The zero-order chi connectivity index (χ0) is 12.6. The number of ether oxygens (including phenoxy) is 1. The van der Waals surface area contributed by atoms with Crippen molar-refractivity contribution in [2.24, 2.45) is 11.7 Å². The largest absolute Gasteiger partial charge is 0.493 e. The summed E-state index contributed by atoms with van der Waals surface area (Å²) >= 11 is 0. The van der Waals surface area contributed by atoms with E-state index in [0.29, 0.717) is 18.1 Å². The molecule has 0 aliphatic rings.